The SMILES string of the molecule is CC(/C=C/[Si](C)(C)c1ccccc1)O[Si](C)(C)C(C)(C)C. The van der Waals surface area contributed by atoms with Crippen molar-refractivity contribution >= 4 is 21.6 Å². The van der Waals surface area contributed by atoms with Gasteiger partial charge in [-0.1, -0.05) is 81.2 Å². The molecule has 1 unspecified atom stereocenters. The van der Waals surface area contributed by atoms with E-state index < -0.39 is 16.4 Å². The highest BCUT2D eigenvalue weighted by Gasteiger charge is 2.38. The molecule has 3 heteroatoms. The molecule has 0 bridgehead atoms. The molecule has 21 heavy (non-hydrogen) atoms. The van der Waals surface area contributed by atoms with Crippen LogP contribution in [0.2, 0.25) is 31.2 Å². The molecule has 1 rings (SSSR count). The zero-order valence-electron chi connectivity index (χ0n) is 15.0. The van der Waals surface area contributed by atoms with Gasteiger partial charge in [-0.15, -0.1) is 0 Å². The van der Waals surface area contributed by atoms with Crippen molar-refractivity contribution in [1.29, 1.82) is 0 Å². The van der Waals surface area contributed by atoms with E-state index in [0.717, 1.165) is 0 Å². The zero-order valence-corrected chi connectivity index (χ0v) is 17.0. The van der Waals surface area contributed by atoms with Gasteiger partial charge in [0.15, 0.2) is 8.32 Å². The van der Waals surface area contributed by atoms with Gasteiger partial charge in [0.2, 0.25) is 0 Å². The molecular weight excluding hydrogens is 288 g/mol. The third-order valence-electron chi connectivity index (χ3n) is 4.59. The standard InChI is InChI=1S/C18H32OSi2/c1-16(19-21(7,8)18(2,3)4)14-15-20(5,6)17-12-10-9-11-13-17/h9-16H,1-8H3/b15-14+. The number of rotatable bonds is 5. The molecule has 0 aliphatic rings. The monoisotopic (exact) mass is 320 g/mol. The average Bonchev–Trinajstić information content (AvgIpc) is 2.36. The van der Waals surface area contributed by atoms with Crippen LogP contribution in [0.25, 0.3) is 0 Å². The van der Waals surface area contributed by atoms with Crippen LogP contribution in [0, 0.1) is 0 Å². The fourth-order valence-electron chi connectivity index (χ4n) is 2.02. The zero-order chi connectivity index (χ0) is 16.3. The fraction of sp³-hybridized carbons (Fsp3) is 0.556. The molecule has 0 radical (unpaired) electrons. The van der Waals surface area contributed by atoms with Gasteiger partial charge in [0.25, 0.3) is 0 Å². The predicted molar refractivity (Wildman–Crippen MR) is 100 cm³/mol. The molecule has 1 nitrogen and oxygen atoms in total. The lowest BCUT2D eigenvalue weighted by Crippen LogP contribution is -2.43. The van der Waals surface area contributed by atoms with Gasteiger partial charge in [-0.05, 0) is 25.1 Å². The van der Waals surface area contributed by atoms with E-state index in [0.29, 0.717) is 0 Å². The van der Waals surface area contributed by atoms with E-state index in [9.17, 15) is 0 Å². The van der Waals surface area contributed by atoms with Crippen LogP contribution in [0.4, 0.5) is 0 Å². The third kappa shape index (κ3) is 5.24. The van der Waals surface area contributed by atoms with Gasteiger partial charge in [-0.2, -0.15) is 0 Å². The van der Waals surface area contributed by atoms with Crippen LogP contribution in [0.3, 0.4) is 0 Å². The lowest BCUT2D eigenvalue weighted by molar-refractivity contribution is 0.243. The van der Waals surface area contributed by atoms with Crippen molar-refractivity contribution in [3.05, 3.63) is 42.1 Å². The summed E-state index contributed by atoms with van der Waals surface area (Å²) in [6.45, 7) is 18.4. The molecule has 0 aromatic heterocycles. The van der Waals surface area contributed by atoms with Crippen molar-refractivity contribution < 1.29 is 4.43 Å². The Morgan fingerprint density at radius 1 is 1.00 bits per heavy atom. The van der Waals surface area contributed by atoms with Gasteiger partial charge in [-0.3, -0.25) is 0 Å². The summed E-state index contributed by atoms with van der Waals surface area (Å²) in [5, 5.41) is 1.74. The van der Waals surface area contributed by atoms with Crippen molar-refractivity contribution in [3.63, 3.8) is 0 Å². The highest BCUT2D eigenvalue weighted by molar-refractivity contribution is 6.93. The number of hydrogen-bond donors (Lipinski definition) is 0. The second-order valence-corrected chi connectivity index (χ2v) is 17.1. The normalized spacial score (nSPS) is 15.4. The third-order valence-corrected chi connectivity index (χ3v) is 12.0. The van der Waals surface area contributed by atoms with Gasteiger partial charge < -0.3 is 4.43 Å². The van der Waals surface area contributed by atoms with Crippen LogP contribution in [0.5, 0.6) is 0 Å². The second kappa shape index (κ2) is 6.63. The fourth-order valence-corrected chi connectivity index (χ4v) is 5.38. The van der Waals surface area contributed by atoms with E-state index in [4.69, 9.17) is 4.43 Å². The summed E-state index contributed by atoms with van der Waals surface area (Å²) in [7, 11) is -3.19. The largest absolute Gasteiger partial charge is 0.411 e. The van der Waals surface area contributed by atoms with Crippen LogP contribution < -0.4 is 5.19 Å². The van der Waals surface area contributed by atoms with Gasteiger partial charge >= 0.3 is 0 Å². The molecular formula is C18H32OSi2. The smallest absolute Gasteiger partial charge is 0.192 e. The molecule has 0 saturated heterocycles. The molecule has 0 N–H and O–H groups in total. The average molecular weight is 321 g/mol. The Labute approximate surface area is 133 Å². The van der Waals surface area contributed by atoms with E-state index in [1.165, 1.54) is 5.19 Å². The van der Waals surface area contributed by atoms with Crippen molar-refractivity contribution in [2.24, 2.45) is 0 Å². The molecule has 1 atom stereocenters. The van der Waals surface area contributed by atoms with Gasteiger partial charge in [0.1, 0.15) is 8.07 Å². The molecule has 0 aliphatic heterocycles. The lowest BCUT2D eigenvalue weighted by Gasteiger charge is -2.38. The first-order chi connectivity index (χ1) is 9.46. The number of hydrogen-bond acceptors (Lipinski definition) is 1. The summed E-state index contributed by atoms with van der Waals surface area (Å²) >= 11 is 0. The molecule has 1 aromatic rings. The minimum Gasteiger partial charge on any atom is -0.411 e. The summed E-state index contributed by atoms with van der Waals surface area (Å²) in [6.07, 6.45) is 2.47. The summed E-state index contributed by atoms with van der Waals surface area (Å²) < 4.78 is 6.41. The summed E-state index contributed by atoms with van der Waals surface area (Å²) in [6, 6.07) is 10.8. The molecule has 1 aromatic carbocycles. The molecule has 0 heterocycles. The molecule has 0 amide bonds. The Bertz CT molecular complexity index is 470. The summed E-state index contributed by atoms with van der Waals surface area (Å²) in [5.41, 5.74) is 2.42. The molecule has 0 fully saturated rings. The Balaban J connectivity index is 2.77. The van der Waals surface area contributed by atoms with Gasteiger partial charge in [0.05, 0.1) is 6.10 Å². The predicted octanol–water partition coefficient (Wildman–Crippen LogP) is 5.11. The van der Waals surface area contributed by atoms with Crippen LogP contribution in [0.1, 0.15) is 27.7 Å². The highest BCUT2D eigenvalue weighted by atomic mass is 28.4. The Morgan fingerprint density at radius 3 is 2.00 bits per heavy atom. The lowest BCUT2D eigenvalue weighted by atomic mass is 10.2. The second-order valence-electron chi connectivity index (χ2n) is 8.03. The van der Waals surface area contributed by atoms with Crippen molar-refractivity contribution in [1.82, 2.24) is 0 Å². The minimum atomic E-state index is -1.68. The van der Waals surface area contributed by atoms with E-state index in [-0.39, 0.29) is 11.1 Å². The van der Waals surface area contributed by atoms with Gasteiger partial charge in [0, 0.05) is 0 Å². The van der Waals surface area contributed by atoms with E-state index >= 15 is 0 Å². The Hall–Kier alpha value is -0.646. The maximum absolute atomic E-state index is 6.41. The van der Waals surface area contributed by atoms with Crippen LogP contribution >= 0.6 is 0 Å². The number of benzene rings is 1. The Morgan fingerprint density at radius 2 is 1.52 bits per heavy atom. The first kappa shape index (κ1) is 18.4. The van der Waals surface area contributed by atoms with Crippen LogP contribution in [-0.2, 0) is 4.43 Å². The maximum atomic E-state index is 6.41. The first-order valence-corrected chi connectivity index (χ1v) is 13.9. The highest BCUT2D eigenvalue weighted by Crippen LogP contribution is 2.37. The molecule has 118 valence electrons. The molecule has 0 spiro atoms. The summed E-state index contributed by atoms with van der Waals surface area (Å²) in [4.78, 5) is 0. The van der Waals surface area contributed by atoms with Gasteiger partial charge in [-0.25, -0.2) is 0 Å². The van der Waals surface area contributed by atoms with Crippen LogP contribution in [-0.4, -0.2) is 22.5 Å². The van der Waals surface area contributed by atoms with Crippen molar-refractivity contribution in [3.8, 4) is 0 Å². The summed E-state index contributed by atoms with van der Waals surface area (Å²) in [5.74, 6) is 0. The molecule has 0 saturated carbocycles. The van der Waals surface area contributed by atoms with Crippen LogP contribution in [0.15, 0.2) is 42.1 Å². The minimum absolute atomic E-state index is 0.196. The van der Waals surface area contributed by atoms with E-state index in [1.807, 2.05) is 0 Å². The Kier molecular flexibility index (Phi) is 5.81. The first-order valence-electron chi connectivity index (χ1n) is 7.88. The van der Waals surface area contributed by atoms with Crippen molar-refractivity contribution in [2.45, 2.75) is 65.0 Å². The van der Waals surface area contributed by atoms with Crippen molar-refractivity contribution in [2.75, 3.05) is 0 Å². The topological polar surface area (TPSA) is 9.23 Å². The maximum Gasteiger partial charge on any atom is 0.192 e. The quantitative estimate of drug-likeness (QED) is 0.685. The van der Waals surface area contributed by atoms with E-state index in [1.54, 1.807) is 0 Å². The van der Waals surface area contributed by atoms with E-state index in [2.05, 4.69) is 96.0 Å². The molecule has 0 aliphatic carbocycles.